The summed E-state index contributed by atoms with van der Waals surface area (Å²) in [4.78, 5) is 37.2. The van der Waals surface area contributed by atoms with Gasteiger partial charge < -0.3 is 14.6 Å². The third-order valence-electron chi connectivity index (χ3n) is 6.56. The highest BCUT2D eigenvalue weighted by atomic mass is 32.2. The second kappa shape index (κ2) is 9.20. The first kappa shape index (κ1) is 22.4. The average Bonchev–Trinajstić information content (AvgIpc) is 3.30. The fraction of sp³-hybridized carbons (Fsp3) is 0.179. The van der Waals surface area contributed by atoms with Crippen molar-refractivity contribution in [1.82, 2.24) is 14.5 Å². The highest BCUT2D eigenvalue weighted by molar-refractivity contribution is 7.99. The summed E-state index contributed by atoms with van der Waals surface area (Å²) in [7, 11) is 1.57. The molecule has 1 aliphatic heterocycles. The van der Waals surface area contributed by atoms with Crippen LogP contribution in [0.3, 0.4) is 0 Å². The Labute approximate surface area is 211 Å². The monoisotopic (exact) mass is 496 g/mol. The summed E-state index contributed by atoms with van der Waals surface area (Å²) >= 11 is 1.27. The number of nitrogens with zero attached hydrogens (tertiary/aromatic N) is 3. The predicted molar refractivity (Wildman–Crippen MR) is 144 cm³/mol. The van der Waals surface area contributed by atoms with Gasteiger partial charge in [0.05, 0.1) is 18.6 Å². The first-order valence-corrected chi connectivity index (χ1v) is 12.8. The van der Waals surface area contributed by atoms with Crippen molar-refractivity contribution in [3.63, 3.8) is 0 Å². The van der Waals surface area contributed by atoms with E-state index in [1.165, 1.54) is 17.3 Å². The summed E-state index contributed by atoms with van der Waals surface area (Å²) in [5.74, 6) is 0.700. The molecule has 0 radical (unpaired) electrons. The number of H-pyrrole nitrogens is 1. The molecule has 0 fully saturated rings. The third kappa shape index (κ3) is 3.74. The zero-order valence-electron chi connectivity index (χ0n) is 19.7. The van der Waals surface area contributed by atoms with Crippen molar-refractivity contribution in [2.24, 2.45) is 0 Å². The molecule has 1 amide bonds. The highest BCUT2D eigenvalue weighted by Gasteiger charge is 2.24. The van der Waals surface area contributed by atoms with Crippen LogP contribution in [0.4, 0.5) is 5.69 Å². The summed E-state index contributed by atoms with van der Waals surface area (Å²) in [6.45, 7) is 0.685. The molecule has 1 N–H and O–H groups in total. The number of aryl methyl sites for hydroxylation is 1. The van der Waals surface area contributed by atoms with Crippen LogP contribution in [0.15, 0.2) is 82.7 Å². The fourth-order valence-corrected chi connectivity index (χ4v) is 5.74. The molecule has 0 unspecified atom stereocenters. The zero-order chi connectivity index (χ0) is 24.6. The number of para-hydroxylation sites is 4. The van der Waals surface area contributed by atoms with Crippen molar-refractivity contribution in [1.29, 1.82) is 0 Å². The maximum absolute atomic E-state index is 13.8. The number of aromatic nitrogens is 3. The van der Waals surface area contributed by atoms with Gasteiger partial charge >= 0.3 is 0 Å². The predicted octanol–water partition coefficient (Wildman–Crippen LogP) is 4.95. The van der Waals surface area contributed by atoms with Crippen LogP contribution in [-0.2, 0) is 11.2 Å². The van der Waals surface area contributed by atoms with E-state index in [1.54, 1.807) is 17.7 Å². The van der Waals surface area contributed by atoms with E-state index in [1.807, 2.05) is 65.6 Å². The lowest BCUT2D eigenvalue weighted by Crippen LogP contribution is -2.36. The Morgan fingerprint density at radius 1 is 1.03 bits per heavy atom. The summed E-state index contributed by atoms with van der Waals surface area (Å²) in [6, 6.07) is 23.1. The van der Waals surface area contributed by atoms with Crippen LogP contribution in [0.5, 0.6) is 5.75 Å². The largest absolute Gasteiger partial charge is 0.495 e. The Kier molecular flexibility index (Phi) is 5.73. The van der Waals surface area contributed by atoms with Crippen LogP contribution in [0.1, 0.15) is 12.0 Å². The second-order valence-corrected chi connectivity index (χ2v) is 9.61. The molecular weight excluding hydrogens is 472 g/mol. The van der Waals surface area contributed by atoms with E-state index in [-0.39, 0.29) is 17.2 Å². The van der Waals surface area contributed by atoms with Gasteiger partial charge in [-0.3, -0.25) is 9.59 Å². The molecule has 3 aromatic carbocycles. The minimum atomic E-state index is -0.237. The van der Waals surface area contributed by atoms with Crippen LogP contribution in [0, 0.1) is 0 Å². The quantitative estimate of drug-likeness (QED) is 0.275. The summed E-state index contributed by atoms with van der Waals surface area (Å²) in [6.07, 6.45) is 1.90. The van der Waals surface area contributed by atoms with E-state index in [0.29, 0.717) is 34.2 Å². The highest BCUT2D eigenvalue weighted by Crippen LogP contribution is 2.31. The Balaban J connectivity index is 1.45. The number of benzene rings is 3. The molecular formula is C28H24N4O3S. The number of anilines is 1. The van der Waals surface area contributed by atoms with E-state index < -0.39 is 0 Å². The molecule has 0 aliphatic carbocycles. The minimum Gasteiger partial charge on any atom is -0.495 e. The summed E-state index contributed by atoms with van der Waals surface area (Å²) in [5.41, 5.74) is 4.35. The maximum Gasteiger partial charge on any atom is 0.283 e. The zero-order valence-corrected chi connectivity index (χ0v) is 20.5. The molecule has 0 spiro atoms. The second-order valence-electron chi connectivity index (χ2n) is 8.67. The van der Waals surface area contributed by atoms with Crippen LogP contribution in [-0.4, -0.2) is 39.8 Å². The van der Waals surface area contributed by atoms with E-state index in [2.05, 4.69) is 11.1 Å². The van der Waals surface area contributed by atoms with Crippen molar-refractivity contribution in [2.45, 2.75) is 18.0 Å². The standard InChI is InChI=1S/C28H24N4O3S/c1-35-23-15-7-6-14-22(23)32-27(34)26-25(19-11-3-4-12-20(19)29-26)30-28(32)36-17-24(33)31-16-8-10-18-9-2-5-13-21(18)31/h2-7,9,11-15,29H,8,10,16-17H2,1H3. The smallest absolute Gasteiger partial charge is 0.283 e. The summed E-state index contributed by atoms with van der Waals surface area (Å²) in [5, 5.41) is 1.32. The Morgan fingerprint density at radius 3 is 2.64 bits per heavy atom. The van der Waals surface area contributed by atoms with E-state index in [9.17, 15) is 9.59 Å². The Morgan fingerprint density at radius 2 is 1.78 bits per heavy atom. The number of aromatic amines is 1. The van der Waals surface area contributed by atoms with Crippen molar-refractivity contribution in [3.8, 4) is 11.4 Å². The first-order chi connectivity index (χ1) is 17.7. The van der Waals surface area contributed by atoms with Gasteiger partial charge in [0.25, 0.3) is 5.56 Å². The molecule has 0 saturated heterocycles. The lowest BCUT2D eigenvalue weighted by Gasteiger charge is -2.29. The van der Waals surface area contributed by atoms with E-state index in [0.717, 1.165) is 29.4 Å². The number of fused-ring (bicyclic) bond motifs is 4. The van der Waals surface area contributed by atoms with Crippen molar-refractivity contribution in [3.05, 3.63) is 88.7 Å². The topological polar surface area (TPSA) is 80.2 Å². The molecule has 3 heterocycles. The van der Waals surface area contributed by atoms with E-state index >= 15 is 0 Å². The van der Waals surface area contributed by atoms with Crippen LogP contribution >= 0.6 is 11.8 Å². The maximum atomic E-state index is 13.8. The number of amides is 1. The molecule has 5 aromatic rings. The van der Waals surface area contributed by atoms with Crippen molar-refractivity contribution >= 4 is 45.3 Å². The molecule has 6 rings (SSSR count). The van der Waals surface area contributed by atoms with Gasteiger partial charge in [-0.05, 0) is 42.7 Å². The third-order valence-corrected chi connectivity index (χ3v) is 7.48. The van der Waals surface area contributed by atoms with Gasteiger partial charge in [0.2, 0.25) is 5.91 Å². The number of hydrogen-bond acceptors (Lipinski definition) is 5. The molecule has 0 bridgehead atoms. The van der Waals surface area contributed by atoms with Crippen molar-refractivity contribution in [2.75, 3.05) is 24.3 Å². The lowest BCUT2D eigenvalue weighted by atomic mass is 10.0. The SMILES string of the molecule is COc1ccccc1-n1c(SCC(=O)N2CCCc3ccccc32)nc2c([nH]c3ccccc32)c1=O. The number of carbonyl (C=O) groups excluding carboxylic acids is 1. The van der Waals surface area contributed by atoms with Gasteiger partial charge in [-0.25, -0.2) is 9.55 Å². The van der Waals surface area contributed by atoms with Crippen molar-refractivity contribution < 1.29 is 9.53 Å². The Bertz CT molecular complexity index is 1670. The lowest BCUT2D eigenvalue weighted by molar-refractivity contribution is -0.116. The normalized spacial score (nSPS) is 13.2. The number of ether oxygens (including phenoxy) is 1. The fourth-order valence-electron chi connectivity index (χ4n) is 4.86. The number of methoxy groups -OCH3 is 1. The van der Waals surface area contributed by atoms with Gasteiger partial charge in [-0.15, -0.1) is 0 Å². The minimum absolute atomic E-state index is 0.00741. The van der Waals surface area contributed by atoms with Gasteiger partial charge in [-0.1, -0.05) is 60.3 Å². The van der Waals surface area contributed by atoms with Gasteiger partial charge in [0.1, 0.15) is 16.8 Å². The molecule has 36 heavy (non-hydrogen) atoms. The van der Waals surface area contributed by atoms with Gasteiger partial charge in [-0.2, -0.15) is 0 Å². The number of hydrogen-bond donors (Lipinski definition) is 1. The molecule has 0 atom stereocenters. The Hall–Kier alpha value is -4.04. The number of nitrogens with one attached hydrogen (secondary N) is 1. The van der Waals surface area contributed by atoms with Gasteiger partial charge in [0.15, 0.2) is 5.16 Å². The molecule has 0 saturated carbocycles. The first-order valence-electron chi connectivity index (χ1n) is 11.8. The molecule has 2 aromatic heterocycles. The van der Waals surface area contributed by atoms with E-state index in [4.69, 9.17) is 9.72 Å². The van der Waals surface area contributed by atoms with Crippen LogP contribution < -0.4 is 15.2 Å². The summed E-state index contributed by atoms with van der Waals surface area (Å²) < 4.78 is 7.10. The average molecular weight is 497 g/mol. The number of carbonyl (C=O) groups is 1. The molecule has 7 nitrogen and oxygen atoms in total. The number of rotatable bonds is 5. The molecule has 180 valence electrons. The van der Waals surface area contributed by atoms with Gasteiger partial charge in [0, 0.05) is 23.1 Å². The molecule has 8 heteroatoms. The molecule has 1 aliphatic rings. The van der Waals surface area contributed by atoms with Crippen LogP contribution in [0.2, 0.25) is 0 Å². The number of thioether (sulfide) groups is 1. The van der Waals surface area contributed by atoms with Crippen LogP contribution in [0.25, 0.3) is 27.6 Å².